The molecule has 0 unspecified atom stereocenters. The van der Waals surface area contributed by atoms with Gasteiger partial charge in [-0.05, 0) is 40.0 Å². The molecule has 1 saturated carbocycles. The molecule has 6 heteroatoms. The van der Waals surface area contributed by atoms with Crippen molar-refractivity contribution in [3.8, 4) is 0 Å². The summed E-state index contributed by atoms with van der Waals surface area (Å²) in [6.07, 6.45) is -0.0185. The number of rotatable bonds is 1. The van der Waals surface area contributed by atoms with Crippen LogP contribution in [-0.2, 0) is 4.74 Å². The first-order valence-electron chi connectivity index (χ1n) is 5.67. The molecule has 0 aliphatic heterocycles. The molecular formula is C11H22ClFN2O2. The zero-order chi connectivity index (χ0) is 12.3. The summed E-state index contributed by atoms with van der Waals surface area (Å²) in [5, 5.41) is 2.55. The highest BCUT2D eigenvalue weighted by molar-refractivity contribution is 5.85. The van der Waals surface area contributed by atoms with Gasteiger partial charge in [-0.15, -0.1) is 12.4 Å². The Morgan fingerprint density at radius 2 is 2.00 bits per heavy atom. The highest BCUT2D eigenvalue weighted by Crippen LogP contribution is 2.21. The lowest BCUT2D eigenvalue weighted by molar-refractivity contribution is 0.0445. The third-order valence-corrected chi connectivity index (χ3v) is 2.52. The topological polar surface area (TPSA) is 64.3 Å². The monoisotopic (exact) mass is 268 g/mol. The zero-order valence-electron chi connectivity index (χ0n) is 10.5. The van der Waals surface area contributed by atoms with Crippen LogP contribution in [0, 0.1) is 0 Å². The Morgan fingerprint density at radius 3 is 2.47 bits per heavy atom. The predicted octanol–water partition coefficient (Wildman–Crippen LogP) is 2.15. The standard InChI is InChI=1S/C11H21FN2O2.ClH/c1-11(2,3)16-10(15)14-9-5-4-7(13)6-8(9)12;/h7-9H,4-6,13H2,1-3H3,(H,14,15);1H/t7-,8-,9-;/m1./s1. The molecule has 0 bridgehead atoms. The normalized spacial score (nSPS) is 29.1. The third-order valence-electron chi connectivity index (χ3n) is 2.52. The van der Waals surface area contributed by atoms with E-state index in [1.54, 1.807) is 20.8 Å². The molecule has 4 nitrogen and oxygen atoms in total. The molecular weight excluding hydrogens is 247 g/mol. The second-order valence-electron chi connectivity index (χ2n) is 5.34. The summed E-state index contributed by atoms with van der Waals surface area (Å²) in [5.41, 5.74) is 5.08. The van der Waals surface area contributed by atoms with Crippen LogP contribution >= 0.6 is 12.4 Å². The maximum atomic E-state index is 13.5. The minimum Gasteiger partial charge on any atom is -0.444 e. The van der Waals surface area contributed by atoms with E-state index < -0.39 is 23.9 Å². The van der Waals surface area contributed by atoms with Crippen LogP contribution in [0.2, 0.25) is 0 Å². The van der Waals surface area contributed by atoms with Gasteiger partial charge in [0.25, 0.3) is 0 Å². The van der Waals surface area contributed by atoms with E-state index in [0.717, 1.165) is 6.42 Å². The average Bonchev–Trinajstić information content (AvgIpc) is 2.06. The first kappa shape index (κ1) is 16.4. The van der Waals surface area contributed by atoms with Gasteiger partial charge in [0.05, 0.1) is 6.04 Å². The molecule has 1 aliphatic carbocycles. The van der Waals surface area contributed by atoms with Crippen LogP contribution in [0.3, 0.4) is 0 Å². The van der Waals surface area contributed by atoms with Gasteiger partial charge in [-0.25, -0.2) is 9.18 Å². The number of amides is 1. The molecule has 0 aromatic rings. The Hall–Kier alpha value is -0.550. The smallest absolute Gasteiger partial charge is 0.407 e. The first-order valence-corrected chi connectivity index (χ1v) is 5.67. The fraction of sp³-hybridized carbons (Fsp3) is 0.909. The van der Waals surface area contributed by atoms with Crippen LogP contribution in [0.25, 0.3) is 0 Å². The average molecular weight is 269 g/mol. The zero-order valence-corrected chi connectivity index (χ0v) is 11.3. The van der Waals surface area contributed by atoms with Crippen molar-refractivity contribution in [1.82, 2.24) is 5.32 Å². The van der Waals surface area contributed by atoms with Crippen LogP contribution in [-0.4, -0.2) is 29.9 Å². The molecule has 0 radical (unpaired) electrons. The Bertz CT molecular complexity index is 258. The largest absolute Gasteiger partial charge is 0.444 e. The number of hydrogen-bond acceptors (Lipinski definition) is 3. The molecule has 0 heterocycles. The number of carbonyl (C=O) groups is 1. The van der Waals surface area contributed by atoms with Crippen molar-refractivity contribution >= 4 is 18.5 Å². The molecule has 1 fully saturated rings. The summed E-state index contributed by atoms with van der Waals surface area (Å²) in [5.74, 6) is 0. The van der Waals surface area contributed by atoms with E-state index in [-0.39, 0.29) is 18.4 Å². The second kappa shape index (κ2) is 6.40. The van der Waals surface area contributed by atoms with Crippen molar-refractivity contribution in [2.45, 2.75) is 63.9 Å². The molecule has 0 aromatic carbocycles. The lowest BCUT2D eigenvalue weighted by Gasteiger charge is -2.31. The number of carbonyl (C=O) groups excluding carboxylic acids is 1. The highest BCUT2D eigenvalue weighted by atomic mass is 35.5. The van der Waals surface area contributed by atoms with Crippen molar-refractivity contribution in [2.75, 3.05) is 0 Å². The van der Waals surface area contributed by atoms with E-state index in [1.807, 2.05) is 0 Å². The summed E-state index contributed by atoms with van der Waals surface area (Å²) in [6.45, 7) is 5.32. The highest BCUT2D eigenvalue weighted by Gasteiger charge is 2.31. The number of ether oxygens (including phenoxy) is 1. The Kier molecular flexibility index (Phi) is 6.19. The number of nitrogens with two attached hydrogens (primary N) is 1. The van der Waals surface area contributed by atoms with Gasteiger partial charge in [0.15, 0.2) is 0 Å². The molecule has 3 N–H and O–H groups in total. The fourth-order valence-electron chi connectivity index (χ4n) is 1.77. The van der Waals surface area contributed by atoms with Crippen molar-refractivity contribution < 1.29 is 13.9 Å². The maximum Gasteiger partial charge on any atom is 0.407 e. The number of halogens is 2. The van der Waals surface area contributed by atoms with Gasteiger partial charge >= 0.3 is 6.09 Å². The lowest BCUT2D eigenvalue weighted by Crippen LogP contribution is -2.49. The first-order chi connectivity index (χ1) is 7.28. The van der Waals surface area contributed by atoms with Gasteiger partial charge in [-0.1, -0.05) is 0 Å². The SMILES string of the molecule is CC(C)(C)OC(=O)N[C@@H]1CC[C@@H](N)C[C@H]1F.Cl. The molecule has 1 rings (SSSR count). The minimum absolute atomic E-state index is 0. The number of alkyl halides is 1. The van der Waals surface area contributed by atoms with Crippen LogP contribution in [0.5, 0.6) is 0 Å². The van der Waals surface area contributed by atoms with Gasteiger partial charge in [0.1, 0.15) is 11.8 Å². The minimum atomic E-state index is -1.07. The summed E-state index contributed by atoms with van der Waals surface area (Å²) >= 11 is 0. The quantitative estimate of drug-likeness (QED) is 0.766. The predicted molar refractivity (Wildman–Crippen MR) is 67.1 cm³/mol. The summed E-state index contributed by atoms with van der Waals surface area (Å²) in [4.78, 5) is 11.4. The third kappa shape index (κ3) is 6.07. The van der Waals surface area contributed by atoms with Gasteiger partial charge in [0.2, 0.25) is 0 Å². The van der Waals surface area contributed by atoms with Crippen molar-refractivity contribution in [3.05, 3.63) is 0 Å². The van der Waals surface area contributed by atoms with Gasteiger partial charge in [-0.2, -0.15) is 0 Å². The summed E-state index contributed by atoms with van der Waals surface area (Å²) in [6, 6.07) is -0.554. The van der Waals surface area contributed by atoms with Gasteiger partial charge < -0.3 is 15.8 Å². The molecule has 102 valence electrons. The number of nitrogens with one attached hydrogen (secondary N) is 1. The van der Waals surface area contributed by atoms with Crippen molar-refractivity contribution in [2.24, 2.45) is 5.73 Å². The van der Waals surface area contributed by atoms with Crippen LogP contribution < -0.4 is 11.1 Å². The van der Waals surface area contributed by atoms with E-state index in [1.165, 1.54) is 0 Å². The molecule has 0 aromatic heterocycles. The lowest BCUT2D eigenvalue weighted by atomic mass is 9.90. The molecule has 1 amide bonds. The molecule has 0 spiro atoms. The van der Waals surface area contributed by atoms with E-state index >= 15 is 0 Å². The molecule has 17 heavy (non-hydrogen) atoms. The van der Waals surface area contributed by atoms with Crippen LogP contribution in [0.1, 0.15) is 40.0 Å². The Labute approximate surface area is 108 Å². The van der Waals surface area contributed by atoms with Crippen LogP contribution in [0.4, 0.5) is 9.18 Å². The van der Waals surface area contributed by atoms with E-state index in [9.17, 15) is 9.18 Å². The molecule has 3 atom stereocenters. The van der Waals surface area contributed by atoms with Gasteiger partial charge in [-0.3, -0.25) is 0 Å². The summed E-state index contributed by atoms with van der Waals surface area (Å²) < 4.78 is 18.6. The van der Waals surface area contributed by atoms with Crippen molar-refractivity contribution in [3.63, 3.8) is 0 Å². The number of alkyl carbamates (subject to hydrolysis) is 1. The summed E-state index contributed by atoms with van der Waals surface area (Å²) in [7, 11) is 0. The van der Waals surface area contributed by atoms with Crippen molar-refractivity contribution in [1.29, 1.82) is 0 Å². The van der Waals surface area contributed by atoms with Crippen LogP contribution in [0.15, 0.2) is 0 Å². The Balaban J connectivity index is 0.00000256. The van der Waals surface area contributed by atoms with E-state index in [4.69, 9.17) is 10.5 Å². The Morgan fingerprint density at radius 1 is 1.41 bits per heavy atom. The van der Waals surface area contributed by atoms with E-state index in [2.05, 4.69) is 5.32 Å². The molecule has 0 saturated heterocycles. The molecule has 1 aliphatic rings. The maximum absolute atomic E-state index is 13.5. The fourth-order valence-corrected chi connectivity index (χ4v) is 1.77. The second-order valence-corrected chi connectivity index (χ2v) is 5.34. The van der Waals surface area contributed by atoms with Gasteiger partial charge in [0, 0.05) is 6.04 Å². The van der Waals surface area contributed by atoms with E-state index in [0.29, 0.717) is 12.8 Å². The number of hydrogen-bond donors (Lipinski definition) is 2.